The van der Waals surface area contributed by atoms with E-state index in [4.69, 9.17) is 4.74 Å². The fourth-order valence-corrected chi connectivity index (χ4v) is 8.23. The highest BCUT2D eigenvalue weighted by atomic mass is 19.1. The second kappa shape index (κ2) is 7.71. The Kier molecular flexibility index (Phi) is 5.67. The summed E-state index contributed by atoms with van der Waals surface area (Å²) in [6, 6.07) is 0. The molecule has 0 spiro atoms. The van der Waals surface area contributed by atoms with Gasteiger partial charge in [-0.25, -0.2) is 8.78 Å². The third-order valence-electron chi connectivity index (χ3n) is 9.51. The maximum atomic E-state index is 15.5. The van der Waals surface area contributed by atoms with Gasteiger partial charge in [0.25, 0.3) is 0 Å². The Hall–Kier alpha value is -1.63. The lowest BCUT2D eigenvalue weighted by molar-refractivity contribution is -0.207. The molecule has 0 amide bonds. The zero-order valence-corrected chi connectivity index (χ0v) is 19.3. The molecule has 4 rings (SSSR count). The minimum absolute atomic E-state index is 0.0518. The van der Waals surface area contributed by atoms with Gasteiger partial charge >= 0.3 is 5.97 Å². The molecule has 1 N–H and O–H groups in total. The van der Waals surface area contributed by atoms with Crippen LogP contribution in [0.5, 0.6) is 0 Å². The number of hydrogen-bond acceptors (Lipinski definition) is 5. The van der Waals surface area contributed by atoms with Crippen LogP contribution in [0.4, 0.5) is 8.78 Å². The molecule has 0 aromatic heterocycles. The number of fused-ring (bicyclic) bond motifs is 5. The van der Waals surface area contributed by atoms with Crippen molar-refractivity contribution in [1.82, 2.24) is 0 Å². The summed E-state index contributed by atoms with van der Waals surface area (Å²) in [6.45, 7) is 5.91. The predicted molar refractivity (Wildman–Crippen MR) is 113 cm³/mol. The third kappa shape index (κ3) is 2.92. The molecule has 0 radical (unpaired) electrons. The summed E-state index contributed by atoms with van der Waals surface area (Å²) in [7, 11) is 0. The lowest BCUT2D eigenvalue weighted by atomic mass is 9.45. The monoisotopic (exact) mass is 452 g/mol. The average molecular weight is 453 g/mol. The van der Waals surface area contributed by atoms with Crippen molar-refractivity contribution in [3.8, 4) is 0 Å². The van der Waals surface area contributed by atoms with Crippen LogP contribution >= 0.6 is 0 Å². The molecule has 0 aliphatic heterocycles. The van der Waals surface area contributed by atoms with Gasteiger partial charge in [0.15, 0.2) is 18.1 Å². The first-order chi connectivity index (χ1) is 15.0. The van der Waals surface area contributed by atoms with Crippen LogP contribution in [0.25, 0.3) is 0 Å². The van der Waals surface area contributed by atoms with Crippen LogP contribution < -0.4 is 0 Å². The van der Waals surface area contributed by atoms with Crippen molar-refractivity contribution in [2.24, 2.45) is 34.5 Å². The number of aliphatic hydroxyl groups excluding tert-OH is 1. The van der Waals surface area contributed by atoms with Gasteiger partial charge in [0, 0.05) is 24.2 Å². The van der Waals surface area contributed by atoms with Gasteiger partial charge in [-0.15, -0.1) is 0 Å². The van der Waals surface area contributed by atoms with Crippen LogP contribution in [0.15, 0.2) is 11.6 Å². The van der Waals surface area contributed by atoms with Crippen LogP contribution in [-0.4, -0.2) is 47.2 Å². The van der Waals surface area contributed by atoms with Crippen molar-refractivity contribution in [3.63, 3.8) is 0 Å². The molecule has 3 fully saturated rings. The van der Waals surface area contributed by atoms with Gasteiger partial charge in [-0.2, -0.15) is 0 Å². The van der Waals surface area contributed by atoms with Crippen LogP contribution in [0.1, 0.15) is 66.2 Å². The second-order valence-electron chi connectivity index (χ2n) is 10.9. The smallest absolute Gasteiger partial charge is 0.306 e. The molecule has 9 atom stereocenters. The highest BCUT2D eigenvalue weighted by Crippen LogP contribution is 2.69. The fourth-order valence-electron chi connectivity index (χ4n) is 8.23. The lowest BCUT2D eigenvalue weighted by Gasteiger charge is -2.61. The van der Waals surface area contributed by atoms with E-state index in [1.165, 1.54) is 6.08 Å². The fraction of sp³-hybridized carbons (Fsp3) is 0.800. The van der Waals surface area contributed by atoms with Crippen molar-refractivity contribution >= 4 is 17.5 Å². The van der Waals surface area contributed by atoms with E-state index < -0.39 is 53.1 Å². The number of rotatable bonds is 4. The van der Waals surface area contributed by atoms with Gasteiger partial charge in [-0.1, -0.05) is 27.7 Å². The van der Waals surface area contributed by atoms with Gasteiger partial charge in [0.1, 0.15) is 6.17 Å². The second-order valence-corrected chi connectivity index (χ2v) is 10.9. The number of ketones is 2. The molecule has 0 unspecified atom stereocenters. The average Bonchev–Trinajstić information content (AvgIpc) is 2.95. The topological polar surface area (TPSA) is 80.7 Å². The predicted octanol–water partition coefficient (Wildman–Crippen LogP) is 3.91. The molecule has 7 heteroatoms. The number of esters is 1. The first-order valence-corrected chi connectivity index (χ1v) is 11.8. The van der Waals surface area contributed by atoms with E-state index in [9.17, 15) is 23.9 Å². The maximum absolute atomic E-state index is 15.5. The summed E-state index contributed by atoms with van der Waals surface area (Å²) >= 11 is 0. The highest BCUT2D eigenvalue weighted by molar-refractivity contribution is 5.93. The number of halogens is 2. The lowest BCUT2D eigenvalue weighted by Crippen LogP contribution is -2.65. The number of carbonyl (C=O) groups is 3. The zero-order valence-electron chi connectivity index (χ0n) is 19.3. The molecule has 0 bridgehead atoms. The molecule has 5 nitrogen and oxygen atoms in total. The molecule has 0 aromatic rings. The summed E-state index contributed by atoms with van der Waals surface area (Å²) < 4.78 is 35.1. The van der Waals surface area contributed by atoms with E-state index in [2.05, 4.69) is 0 Å². The van der Waals surface area contributed by atoms with Crippen molar-refractivity contribution < 1.29 is 33.0 Å². The van der Waals surface area contributed by atoms with Crippen molar-refractivity contribution in [3.05, 3.63) is 11.6 Å². The molecule has 178 valence electrons. The Morgan fingerprint density at radius 1 is 1.28 bits per heavy atom. The molecule has 4 aliphatic carbocycles. The number of carbonyl (C=O) groups excluding carboxylic acids is 3. The first-order valence-electron chi connectivity index (χ1n) is 11.8. The number of Topliss-reactive ketones (excluding diaryl/α,β-unsaturated/α-hetero) is 1. The number of aliphatic hydroxyl groups is 1. The van der Waals surface area contributed by atoms with Crippen LogP contribution in [0.2, 0.25) is 0 Å². The quantitative estimate of drug-likeness (QED) is 0.654. The molecule has 0 aromatic carbocycles. The zero-order chi connectivity index (χ0) is 23.6. The number of alkyl halides is 2. The van der Waals surface area contributed by atoms with E-state index in [0.717, 1.165) is 0 Å². The first kappa shape index (κ1) is 23.5. The number of hydrogen-bond donors (Lipinski definition) is 1. The van der Waals surface area contributed by atoms with E-state index >= 15 is 4.39 Å². The van der Waals surface area contributed by atoms with Gasteiger partial charge < -0.3 is 9.84 Å². The Labute approximate surface area is 188 Å². The molecule has 0 saturated heterocycles. The van der Waals surface area contributed by atoms with Crippen molar-refractivity contribution in [2.45, 2.75) is 84.1 Å². The van der Waals surface area contributed by atoms with Crippen molar-refractivity contribution in [2.75, 3.05) is 6.67 Å². The molecule has 32 heavy (non-hydrogen) atoms. The number of ether oxygens (including phenoxy) is 1. The maximum Gasteiger partial charge on any atom is 0.306 e. The van der Waals surface area contributed by atoms with Crippen molar-refractivity contribution in [1.29, 1.82) is 0 Å². The van der Waals surface area contributed by atoms with E-state index in [-0.39, 0.29) is 42.8 Å². The number of allylic oxidation sites excluding steroid dienone is 1. The van der Waals surface area contributed by atoms with Gasteiger partial charge in [0.2, 0.25) is 5.78 Å². The van der Waals surface area contributed by atoms with Gasteiger partial charge in [-0.05, 0) is 60.5 Å². The van der Waals surface area contributed by atoms with Gasteiger partial charge in [-0.3, -0.25) is 14.4 Å². The van der Waals surface area contributed by atoms with E-state index in [1.54, 1.807) is 13.8 Å². The van der Waals surface area contributed by atoms with E-state index in [1.807, 2.05) is 13.8 Å². The molecular formula is C25H34F2O5. The normalized spacial score (nSPS) is 47.7. The van der Waals surface area contributed by atoms with Crippen LogP contribution in [0, 0.1) is 34.5 Å². The van der Waals surface area contributed by atoms with Gasteiger partial charge in [0.05, 0.1) is 6.10 Å². The molecule has 0 heterocycles. The molecule has 3 saturated carbocycles. The molecule has 4 aliphatic rings. The van der Waals surface area contributed by atoms with Crippen LogP contribution in [0.3, 0.4) is 0 Å². The summed E-state index contributed by atoms with van der Waals surface area (Å²) in [5, 5.41) is 11.5. The summed E-state index contributed by atoms with van der Waals surface area (Å²) in [5.74, 6) is -2.61. The minimum atomic E-state index is -1.67. The highest BCUT2D eigenvalue weighted by Gasteiger charge is 2.73. The summed E-state index contributed by atoms with van der Waals surface area (Å²) in [4.78, 5) is 37.5. The Morgan fingerprint density at radius 2 is 1.97 bits per heavy atom. The summed E-state index contributed by atoms with van der Waals surface area (Å²) in [6.07, 6.45) is 0.901. The van der Waals surface area contributed by atoms with E-state index in [0.29, 0.717) is 24.8 Å². The standard InChI is InChI=1S/C25H34F2O5/c1-5-21(31)32-25(20(30)12-26)13(2)8-16-15-10-18(27)17-9-14(28)6-7-23(17,3)22(15)19(29)11-24(16,25)4/h9,13,15-16,18-19,22,29H,5-8,10-12H2,1-4H3/t13-,15-,16-,18-,19-,22+,23-,24-,25+/m0/s1. The minimum Gasteiger partial charge on any atom is -0.450 e. The Morgan fingerprint density at radius 3 is 2.59 bits per heavy atom. The SMILES string of the molecule is CCC(=O)O[C@@]1(C(=O)CF)[C@@H](C)C[C@H]2[C@@H]3C[C@H](F)C4=CC(=O)CC[C@]4(C)[C@H]3[C@@H](O)C[C@@]21C. The largest absolute Gasteiger partial charge is 0.450 e. The Balaban J connectivity index is 1.82. The molecular weight excluding hydrogens is 418 g/mol. The van der Waals surface area contributed by atoms with Crippen LogP contribution in [-0.2, 0) is 19.1 Å². The third-order valence-corrected chi connectivity index (χ3v) is 9.51. The Bertz CT molecular complexity index is 870. The summed E-state index contributed by atoms with van der Waals surface area (Å²) in [5.41, 5.74) is -2.83.